The van der Waals surface area contributed by atoms with E-state index in [4.69, 9.17) is 4.74 Å². The van der Waals surface area contributed by atoms with Gasteiger partial charge in [-0.1, -0.05) is 0 Å². The lowest BCUT2D eigenvalue weighted by Gasteiger charge is -2.02. The molecule has 1 aliphatic rings. The molecule has 1 aliphatic heterocycles. The third-order valence-corrected chi connectivity index (χ3v) is 3.25. The van der Waals surface area contributed by atoms with Gasteiger partial charge in [-0.3, -0.25) is 4.98 Å². The fourth-order valence-corrected chi connectivity index (χ4v) is 2.19. The van der Waals surface area contributed by atoms with Gasteiger partial charge in [-0.15, -0.1) is 0 Å². The summed E-state index contributed by atoms with van der Waals surface area (Å²) in [5.74, 6) is -0.307. The lowest BCUT2D eigenvalue weighted by Crippen LogP contribution is -2.09. The van der Waals surface area contributed by atoms with Crippen LogP contribution in [0.2, 0.25) is 0 Å². The van der Waals surface area contributed by atoms with Crippen LogP contribution in [0.15, 0.2) is 24.4 Å². The van der Waals surface area contributed by atoms with Crippen molar-refractivity contribution in [2.24, 2.45) is 7.05 Å². The van der Waals surface area contributed by atoms with Gasteiger partial charge in [-0.05, 0) is 51.1 Å². The van der Waals surface area contributed by atoms with E-state index in [0.717, 1.165) is 11.0 Å². The predicted molar refractivity (Wildman–Crippen MR) is 78.8 cm³/mol. The van der Waals surface area contributed by atoms with Crippen LogP contribution in [0.25, 0.3) is 11.0 Å². The fourth-order valence-electron chi connectivity index (χ4n) is 2.19. The Morgan fingerprint density at radius 3 is 2.75 bits per heavy atom. The molecule has 3 rings (SSSR count). The molecule has 2 aromatic rings. The van der Waals surface area contributed by atoms with Crippen LogP contribution < -0.4 is 5.32 Å². The Morgan fingerprint density at radius 2 is 2.20 bits per heavy atom. The number of nitrogens with one attached hydrogen (secondary N) is 1. The molecular formula is C15H21N3O2. The van der Waals surface area contributed by atoms with E-state index < -0.39 is 0 Å². The van der Waals surface area contributed by atoms with E-state index in [1.807, 2.05) is 19.2 Å². The van der Waals surface area contributed by atoms with Crippen molar-refractivity contribution in [1.29, 1.82) is 0 Å². The van der Waals surface area contributed by atoms with Gasteiger partial charge >= 0.3 is 5.97 Å². The van der Waals surface area contributed by atoms with E-state index in [1.54, 1.807) is 23.8 Å². The third kappa shape index (κ3) is 3.36. The van der Waals surface area contributed by atoms with Gasteiger partial charge in [0.1, 0.15) is 5.69 Å². The number of carbonyl (C=O) groups is 1. The molecule has 5 heteroatoms. The Labute approximate surface area is 118 Å². The first-order valence-corrected chi connectivity index (χ1v) is 7.02. The first-order chi connectivity index (χ1) is 9.74. The number of pyridine rings is 1. The number of nitrogens with zero attached hydrogens (tertiary/aromatic N) is 2. The largest absolute Gasteiger partial charge is 0.461 e. The molecule has 1 saturated heterocycles. The molecule has 0 unspecified atom stereocenters. The van der Waals surface area contributed by atoms with Crippen LogP contribution in [0.3, 0.4) is 0 Å². The molecular weight excluding hydrogens is 254 g/mol. The maximum absolute atomic E-state index is 11.6. The molecule has 0 saturated carbocycles. The average Bonchev–Trinajstić information content (AvgIpc) is 3.12. The molecule has 0 atom stereocenters. The van der Waals surface area contributed by atoms with Crippen molar-refractivity contribution < 1.29 is 9.53 Å². The number of ether oxygens (including phenoxy) is 1. The van der Waals surface area contributed by atoms with Crippen LogP contribution in [0.4, 0.5) is 0 Å². The summed E-state index contributed by atoms with van der Waals surface area (Å²) in [6, 6.07) is 5.51. The van der Waals surface area contributed by atoms with Crippen LogP contribution in [0.1, 0.15) is 30.3 Å². The second-order valence-electron chi connectivity index (χ2n) is 4.67. The monoisotopic (exact) mass is 275 g/mol. The Kier molecular flexibility index (Phi) is 5.12. The van der Waals surface area contributed by atoms with Crippen molar-refractivity contribution in [3.8, 4) is 0 Å². The normalized spacial score (nSPS) is 13.9. The average molecular weight is 275 g/mol. The van der Waals surface area contributed by atoms with E-state index in [0.29, 0.717) is 12.3 Å². The lowest BCUT2D eigenvalue weighted by atomic mass is 10.4. The number of aryl methyl sites for hydroxylation is 1. The SMILES string of the molecule is C1CCNC1.CCOC(=O)c1cc2ncccc2n1C. The molecule has 0 aliphatic carbocycles. The number of carbonyl (C=O) groups excluding carboxylic acids is 1. The number of aromatic nitrogens is 2. The van der Waals surface area contributed by atoms with Crippen LogP contribution >= 0.6 is 0 Å². The van der Waals surface area contributed by atoms with Crippen molar-refractivity contribution >= 4 is 17.0 Å². The zero-order valence-electron chi connectivity index (χ0n) is 12.1. The Morgan fingerprint density at radius 1 is 1.45 bits per heavy atom. The van der Waals surface area contributed by atoms with Crippen LogP contribution in [0, 0.1) is 0 Å². The van der Waals surface area contributed by atoms with Crippen molar-refractivity contribution in [1.82, 2.24) is 14.9 Å². The topological polar surface area (TPSA) is 56.1 Å². The highest BCUT2D eigenvalue weighted by Gasteiger charge is 2.14. The molecule has 2 aromatic heterocycles. The van der Waals surface area contributed by atoms with Gasteiger partial charge in [0.05, 0.1) is 17.6 Å². The van der Waals surface area contributed by atoms with Gasteiger partial charge < -0.3 is 14.6 Å². The summed E-state index contributed by atoms with van der Waals surface area (Å²) in [7, 11) is 1.83. The van der Waals surface area contributed by atoms with Gasteiger partial charge in [0.15, 0.2) is 0 Å². The number of hydrogen-bond acceptors (Lipinski definition) is 4. The highest BCUT2D eigenvalue weighted by Crippen LogP contribution is 2.16. The Balaban J connectivity index is 0.000000247. The molecule has 1 N–H and O–H groups in total. The second kappa shape index (κ2) is 7.05. The van der Waals surface area contributed by atoms with Gasteiger partial charge in [-0.25, -0.2) is 4.79 Å². The fraction of sp³-hybridized carbons (Fsp3) is 0.467. The van der Waals surface area contributed by atoms with E-state index in [9.17, 15) is 4.79 Å². The van der Waals surface area contributed by atoms with E-state index in [2.05, 4.69) is 10.3 Å². The summed E-state index contributed by atoms with van der Waals surface area (Å²) in [5.41, 5.74) is 2.27. The van der Waals surface area contributed by atoms with Crippen molar-refractivity contribution in [3.05, 3.63) is 30.1 Å². The molecule has 5 nitrogen and oxygen atoms in total. The van der Waals surface area contributed by atoms with E-state index in [1.165, 1.54) is 25.9 Å². The highest BCUT2D eigenvalue weighted by atomic mass is 16.5. The van der Waals surface area contributed by atoms with Crippen molar-refractivity contribution in [2.45, 2.75) is 19.8 Å². The molecule has 108 valence electrons. The minimum Gasteiger partial charge on any atom is -0.461 e. The second-order valence-corrected chi connectivity index (χ2v) is 4.67. The molecule has 0 aromatic carbocycles. The zero-order chi connectivity index (χ0) is 14.4. The van der Waals surface area contributed by atoms with E-state index >= 15 is 0 Å². The summed E-state index contributed by atoms with van der Waals surface area (Å²) >= 11 is 0. The molecule has 0 spiro atoms. The summed E-state index contributed by atoms with van der Waals surface area (Å²) in [4.78, 5) is 15.7. The van der Waals surface area contributed by atoms with Crippen LogP contribution in [0.5, 0.6) is 0 Å². The smallest absolute Gasteiger partial charge is 0.355 e. The predicted octanol–water partition coefficient (Wildman–Crippen LogP) is 2.12. The summed E-state index contributed by atoms with van der Waals surface area (Å²) in [6.45, 7) is 4.67. The first kappa shape index (κ1) is 14.5. The van der Waals surface area contributed by atoms with Gasteiger partial charge in [0.2, 0.25) is 0 Å². The highest BCUT2D eigenvalue weighted by molar-refractivity contribution is 5.94. The summed E-state index contributed by atoms with van der Waals surface area (Å²) in [5, 5.41) is 3.22. The number of hydrogen-bond donors (Lipinski definition) is 1. The maximum Gasteiger partial charge on any atom is 0.355 e. The van der Waals surface area contributed by atoms with E-state index in [-0.39, 0.29) is 5.97 Å². The van der Waals surface area contributed by atoms with Crippen LogP contribution in [-0.2, 0) is 11.8 Å². The zero-order valence-corrected chi connectivity index (χ0v) is 12.1. The van der Waals surface area contributed by atoms with Crippen molar-refractivity contribution in [3.63, 3.8) is 0 Å². The number of esters is 1. The van der Waals surface area contributed by atoms with Gasteiger partial charge in [0, 0.05) is 13.2 Å². The number of rotatable bonds is 2. The van der Waals surface area contributed by atoms with Gasteiger partial charge in [0.25, 0.3) is 0 Å². The van der Waals surface area contributed by atoms with Crippen LogP contribution in [-0.4, -0.2) is 35.2 Å². The molecule has 20 heavy (non-hydrogen) atoms. The molecule has 0 radical (unpaired) electrons. The summed E-state index contributed by atoms with van der Waals surface area (Å²) in [6.07, 6.45) is 4.48. The lowest BCUT2D eigenvalue weighted by molar-refractivity contribution is 0.0516. The quantitative estimate of drug-likeness (QED) is 0.853. The minimum atomic E-state index is -0.307. The Bertz CT molecular complexity index is 566. The molecule has 0 bridgehead atoms. The molecule has 3 heterocycles. The minimum absolute atomic E-state index is 0.307. The molecule has 0 amide bonds. The standard InChI is InChI=1S/C11H12N2O2.C4H9N/c1-3-15-11(14)10-7-8-9(13(10)2)5-4-6-12-8;1-2-4-5-3-1/h4-7H,3H2,1-2H3;5H,1-4H2. The summed E-state index contributed by atoms with van der Waals surface area (Å²) < 4.78 is 6.74. The van der Waals surface area contributed by atoms with Gasteiger partial charge in [-0.2, -0.15) is 0 Å². The molecule has 1 fully saturated rings. The number of fused-ring (bicyclic) bond motifs is 1. The van der Waals surface area contributed by atoms with Crippen molar-refractivity contribution in [2.75, 3.05) is 19.7 Å². The first-order valence-electron chi connectivity index (χ1n) is 7.02. The third-order valence-electron chi connectivity index (χ3n) is 3.25. The Hall–Kier alpha value is -1.88. The maximum atomic E-state index is 11.6.